The minimum absolute atomic E-state index is 0.193. The SMILES string of the molecule is COc1ccc(C)cc1N(CC(=O)N/N=C\c1ccccc1F)S(C)(=O)=O. The Morgan fingerprint density at radius 1 is 1.30 bits per heavy atom. The van der Waals surface area contributed by atoms with Crippen LogP contribution in [0.3, 0.4) is 0 Å². The van der Waals surface area contributed by atoms with Crippen LogP contribution in [0.15, 0.2) is 47.6 Å². The number of ether oxygens (including phenoxy) is 1. The summed E-state index contributed by atoms with van der Waals surface area (Å²) in [6.45, 7) is 1.29. The van der Waals surface area contributed by atoms with Crippen molar-refractivity contribution in [2.45, 2.75) is 6.92 Å². The van der Waals surface area contributed by atoms with Gasteiger partial charge in [0.1, 0.15) is 18.1 Å². The molecule has 0 heterocycles. The molecule has 0 radical (unpaired) electrons. The molecule has 1 amide bonds. The predicted molar refractivity (Wildman–Crippen MR) is 102 cm³/mol. The fraction of sp³-hybridized carbons (Fsp3) is 0.222. The molecule has 0 saturated heterocycles. The van der Waals surface area contributed by atoms with Crippen molar-refractivity contribution in [1.82, 2.24) is 5.43 Å². The number of carbonyl (C=O) groups excluding carboxylic acids is 1. The monoisotopic (exact) mass is 393 g/mol. The number of carbonyl (C=O) groups is 1. The first-order valence-electron chi connectivity index (χ1n) is 7.91. The first kappa shape index (κ1) is 20.4. The van der Waals surface area contributed by atoms with Gasteiger partial charge in [-0.25, -0.2) is 18.2 Å². The van der Waals surface area contributed by atoms with E-state index in [1.807, 2.05) is 0 Å². The Morgan fingerprint density at radius 3 is 2.63 bits per heavy atom. The fourth-order valence-corrected chi connectivity index (χ4v) is 3.15. The lowest BCUT2D eigenvalue weighted by molar-refractivity contribution is -0.119. The van der Waals surface area contributed by atoms with Gasteiger partial charge in [-0.1, -0.05) is 24.3 Å². The molecular weight excluding hydrogens is 373 g/mol. The van der Waals surface area contributed by atoms with E-state index >= 15 is 0 Å². The highest BCUT2D eigenvalue weighted by molar-refractivity contribution is 7.92. The minimum Gasteiger partial charge on any atom is -0.495 e. The summed E-state index contributed by atoms with van der Waals surface area (Å²) in [7, 11) is -2.36. The Kier molecular flexibility index (Phi) is 6.51. The number of halogens is 1. The molecule has 0 bridgehead atoms. The standard InChI is InChI=1S/C18H20FN3O4S/c1-13-8-9-17(26-2)16(10-13)22(27(3,24)25)12-18(23)21-20-11-14-6-4-5-7-15(14)19/h4-11H,12H2,1-3H3,(H,21,23)/b20-11-. The molecule has 2 aromatic rings. The Bertz CT molecular complexity index is 961. The van der Waals surface area contributed by atoms with E-state index in [1.54, 1.807) is 31.2 Å². The summed E-state index contributed by atoms with van der Waals surface area (Å²) in [6, 6.07) is 10.9. The number of hydrogen-bond donors (Lipinski definition) is 1. The fourth-order valence-electron chi connectivity index (χ4n) is 2.30. The molecule has 0 aliphatic heterocycles. The molecule has 0 spiro atoms. The Morgan fingerprint density at radius 2 is 2.00 bits per heavy atom. The van der Waals surface area contributed by atoms with Crippen molar-refractivity contribution in [2.24, 2.45) is 5.10 Å². The van der Waals surface area contributed by atoms with E-state index < -0.39 is 28.3 Å². The van der Waals surface area contributed by atoms with Gasteiger partial charge in [-0.15, -0.1) is 0 Å². The third-order valence-corrected chi connectivity index (χ3v) is 4.72. The molecule has 0 unspecified atom stereocenters. The van der Waals surface area contributed by atoms with Crippen molar-refractivity contribution in [3.63, 3.8) is 0 Å². The molecule has 0 atom stereocenters. The third kappa shape index (κ3) is 5.52. The smallest absolute Gasteiger partial charge is 0.260 e. The topological polar surface area (TPSA) is 88.1 Å². The lowest BCUT2D eigenvalue weighted by Crippen LogP contribution is -2.39. The molecule has 0 saturated carbocycles. The molecule has 0 aromatic heterocycles. The van der Waals surface area contributed by atoms with Crippen molar-refractivity contribution in [2.75, 3.05) is 24.2 Å². The van der Waals surface area contributed by atoms with E-state index in [9.17, 15) is 17.6 Å². The lowest BCUT2D eigenvalue weighted by Gasteiger charge is -2.23. The number of amides is 1. The van der Waals surface area contributed by atoms with E-state index in [4.69, 9.17) is 4.74 Å². The third-order valence-electron chi connectivity index (χ3n) is 3.59. The Hall–Kier alpha value is -2.94. The van der Waals surface area contributed by atoms with Gasteiger partial charge >= 0.3 is 0 Å². The van der Waals surface area contributed by atoms with Crippen LogP contribution in [0, 0.1) is 12.7 Å². The second kappa shape index (κ2) is 8.63. The highest BCUT2D eigenvalue weighted by atomic mass is 32.2. The molecule has 0 aliphatic rings. The van der Waals surface area contributed by atoms with Crippen molar-refractivity contribution in [1.29, 1.82) is 0 Å². The Balaban J connectivity index is 2.19. The highest BCUT2D eigenvalue weighted by Crippen LogP contribution is 2.30. The van der Waals surface area contributed by atoms with Gasteiger partial charge in [0.2, 0.25) is 10.0 Å². The van der Waals surface area contributed by atoms with E-state index in [2.05, 4.69) is 10.5 Å². The zero-order chi connectivity index (χ0) is 20.0. The van der Waals surface area contributed by atoms with Crippen LogP contribution in [0.1, 0.15) is 11.1 Å². The summed E-state index contributed by atoms with van der Waals surface area (Å²) in [5, 5.41) is 3.67. The largest absolute Gasteiger partial charge is 0.495 e. The predicted octanol–water partition coefficient (Wildman–Crippen LogP) is 2.06. The van der Waals surface area contributed by atoms with Crippen LogP contribution in [0.5, 0.6) is 5.75 Å². The van der Waals surface area contributed by atoms with Crippen LogP contribution in [-0.2, 0) is 14.8 Å². The molecule has 9 heteroatoms. The van der Waals surface area contributed by atoms with Gasteiger partial charge in [-0.2, -0.15) is 5.10 Å². The molecule has 0 fully saturated rings. The molecule has 2 aromatic carbocycles. The maximum atomic E-state index is 13.5. The first-order valence-corrected chi connectivity index (χ1v) is 9.76. The van der Waals surface area contributed by atoms with Crippen LogP contribution in [0.2, 0.25) is 0 Å². The number of aryl methyl sites for hydroxylation is 1. The molecule has 7 nitrogen and oxygen atoms in total. The zero-order valence-corrected chi connectivity index (χ0v) is 16.0. The van der Waals surface area contributed by atoms with Gasteiger partial charge in [0.05, 0.1) is 25.3 Å². The normalized spacial score (nSPS) is 11.4. The molecule has 2 rings (SSSR count). The lowest BCUT2D eigenvalue weighted by atomic mass is 10.2. The highest BCUT2D eigenvalue weighted by Gasteiger charge is 2.24. The number of methoxy groups -OCH3 is 1. The van der Waals surface area contributed by atoms with Crippen molar-refractivity contribution in [3.8, 4) is 5.75 Å². The number of rotatable bonds is 7. The first-order chi connectivity index (χ1) is 12.7. The van der Waals surface area contributed by atoms with Gasteiger partial charge in [-0.3, -0.25) is 9.10 Å². The molecule has 27 heavy (non-hydrogen) atoms. The Labute approximate surface area is 157 Å². The summed E-state index contributed by atoms with van der Waals surface area (Å²) in [5.41, 5.74) is 3.44. The van der Waals surface area contributed by atoms with Crippen LogP contribution in [-0.4, -0.2) is 40.4 Å². The van der Waals surface area contributed by atoms with E-state index in [0.29, 0.717) is 5.75 Å². The second-order valence-electron chi connectivity index (χ2n) is 5.76. The van der Waals surface area contributed by atoms with Crippen molar-refractivity contribution >= 4 is 27.8 Å². The second-order valence-corrected chi connectivity index (χ2v) is 7.67. The average molecular weight is 393 g/mol. The van der Waals surface area contributed by atoms with E-state index in [-0.39, 0.29) is 11.3 Å². The summed E-state index contributed by atoms with van der Waals surface area (Å²) in [6.07, 6.45) is 2.13. The summed E-state index contributed by atoms with van der Waals surface area (Å²) in [5.74, 6) is -0.858. The number of hydrazone groups is 1. The van der Waals surface area contributed by atoms with E-state index in [0.717, 1.165) is 22.3 Å². The molecule has 144 valence electrons. The summed E-state index contributed by atoms with van der Waals surface area (Å²) >= 11 is 0. The quantitative estimate of drug-likeness (QED) is 0.576. The van der Waals surface area contributed by atoms with Gasteiger partial charge in [0.25, 0.3) is 5.91 Å². The van der Waals surface area contributed by atoms with Crippen LogP contribution >= 0.6 is 0 Å². The average Bonchev–Trinajstić information content (AvgIpc) is 2.60. The number of benzene rings is 2. The minimum atomic E-state index is -3.77. The van der Waals surface area contributed by atoms with Gasteiger partial charge in [0, 0.05) is 5.56 Å². The summed E-state index contributed by atoms with van der Waals surface area (Å²) in [4.78, 5) is 12.2. The van der Waals surface area contributed by atoms with Gasteiger partial charge < -0.3 is 4.74 Å². The maximum absolute atomic E-state index is 13.5. The number of nitrogens with zero attached hydrogens (tertiary/aromatic N) is 2. The van der Waals surface area contributed by atoms with Crippen LogP contribution in [0.4, 0.5) is 10.1 Å². The van der Waals surface area contributed by atoms with E-state index in [1.165, 1.54) is 25.3 Å². The maximum Gasteiger partial charge on any atom is 0.260 e. The van der Waals surface area contributed by atoms with Crippen molar-refractivity contribution in [3.05, 3.63) is 59.4 Å². The van der Waals surface area contributed by atoms with Crippen LogP contribution < -0.4 is 14.5 Å². The molecule has 0 aliphatic carbocycles. The molecular formula is C18H20FN3O4S. The number of hydrogen-bond acceptors (Lipinski definition) is 5. The number of anilines is 1. The summed E-state index contributed by atoms with van der Waals surface area (Å²) < 4.78 is 44.0. The number of sulfonamides is 1. The number of nitrogens with one attached hydrogen (secondary N) is 1. The van der Waals surface area contributed by atoms with Crippen LogP contribution in [0.25, 0.3) is 0 Å². The zero-order valence-electron chi connectivity index (χ0n) is 15.1. The van der Waals surface area contributed by atoms with Gasteiger partial charge in [0.15, 0.2) is 0 Å². The van der Waals surface area contributed by atoms with Crippen molar-refractivity contribution < 1.29 is 22.3 Å². The molecule has 1 N–H and O–H groups in total. The van der Waals surface area contributed by atoms with Gasteiger partial charge in [-0.05, 0) is 30.7 Å².